The van der Waals surface area contributed by atoms with Gasteiger partial charge in [0.15, 0.2) is 0 Å². The van der Waals surface area contributed by atoms with Crippen molar-refractivity contribution in [2.45, 2.75) is 30.7 Å². The number of benzene rings is 1. The first-order valence-corrected chi connectivity index (χ1v) is 9.24. The Kier molecular flexibility index (Phi) is 3.92. The van der Waals surface area contributed by atoms with Crippen LogP contribution in [0.25, 0.3) is 0 Å². The van der Waals surface area contributed by atoms with E-state index in [0.717, 1.165) is 42.5 Å². The average Bonchev–Trinajstić information content (AvgIpc) is 2.42. The molecule has 3 aliphatic rings. The van der Waals surface area contributed by atoms with Gasteiger partial charge in [-0.15, -0.1) is 0 Å². The fourth-order valence-electron chi connectivity index (χ4n) is 3.15. The van der Waals surface area contributed by atoms with Crippen molar-refractivity contribution in [3.63, 3.8) is 0 Å². The van der Waals surface area contributed by atoms with Gasteiger partial charge >= 0.3 is 0 Å². The van der Waals surface area contributed by atoms with Gasteiger partial charge in [-0.25, -0.2) is 13.1 Å². The van der Waals surface area contributed by atoms with Crippen LogP contribution in [-0.2, 0) is 10.0 Å². The molecular weight excluding hydrogens is 340 g/mol. The lowest BCUT2D eigenvalue weighted by atomic mass is 9.85. The van der Waals surface area contributed by atoms with Gasteiger partial charge in [-0.2, -0.15) is 0 Å². The zero-order valence-electron chi connectivity index (χ0n) is 11.5. The van der Waals surface area contributed by atoms with E-state index in [1.807, 2.05) is 6.92 Å². The Morgan fingerprint density at radius 1 is 1.30 bits per heavy atom. The van der Waals surface area contributed by atoms with Crippen molar-refractivity contribution in [2.75, 3.05) is 19.6 Å². The van der Waals surface area contributed by atoms with E-state index in [2.05, 4.69) is 25.6 Å². The first-order valence-electron chi connectivity index (χ1n) is 6.96. The fraction of sp³-hybridized carbons (Fsp3) is 0.571. The van der Waals surface area contributed by atoms with E-state index in [1.54, 1.807) is 18.2 Å². The average molecular weight is 359 g/mol. The third-order valence-electron chi connectivity index (χ3n) is 4.40. The van der Waals surface area contributed by atoms with Crippen LogP contribution in [0.5, 0.6) is 0 Å². The monoisotopic (exact) mass is 358 g/mol. The van der Waals surface area contributed by atoms with E-state index in [4.69, 9.17) is 0 Å². The van der Waals surface area contributed by atoms with Gasteiger partial charge < -0.3 is 4.90 Å². The maximum atomic E-state index is 12.5. The minimum atomic E-state index is -3.42. The molecule has 0 amide bonds. The second-order valence-electron chi connectivity index (χ2n) is 5.78. The van der Waals surface area contributed by atoms with E-state index in [-0.39, 0.29) is 6.04 Å². The molecule has 4 nitrogen and oxygen atoms in total. The van der Waals surface area contributed by atoms with E-state index >= 15 is 0 Å². The molecule has 6 heteroatoms. The molecule has 0 aromatic heterocycles. The Morgan fingerprint density at radius 3 is 2.55 bits per heavy atom. The van der Waals surface area contributed by atoms with Crippen LogP contribution in [0.4, 0.5) is 0 Å². The number of hydrogen-bond donors (Lipinski definition) is 1. The van der Waals surface area contributed by atoms with E-state index < -0.39 is 10.0 Å². The predicted molar refractivity (Wildman–Crippen MR) is 82.2 cm³/mol. The summed E-state index contributed by atoms with van der Waals surface area (Å²) in [6.45, 7) is 4.97. The molecule has 2 bridgehead atoms. The number of fused-ring (bicyclic) bond motifs is 3. The van der Waals surface area contributed by atoms with Gasteiger partial charge in [-0.1, -0.05) is 15.9 Å². The molecule has 20 heavy (non-hydrogen) atoms. The van der Waals surface area contributed by atoms with Crippen molar-refractivity contribution < 1.29 is 8.42 Å². The molecule has 1 aromatic carbocycles. The summed E-state index contributed by atoms with van der Waals surface area (Å²) >= 11 is 3.40. The maximum absolute atomic E-state index is 12.5. The van der Waals surface area contributed by atoms with Crippen molar-refractivity contribution >= 4 is 26.0 Å². The van der Waals surface area contributed by atoms with Gasteiger partial charge in [0.1, 0.15) is 0 Å². The van der Waals surface area contributed by atoms with Crippen molar-refractivity contribution in [1.82, 2.24) is 9.62 Å². The van der Waals surface area contributed by atoms with Gasteiger partial charge in [-0.3, -0.25) is 0 Å². The normalized spacial score (nSPS) is 29.6. The Balaban J connectivity index is 1.80. The third kappa shape index (κ3) is 2.79. The Bertz CT molecular complexity index is 610. The number of nitrogens with zero attached hydrogens (tertiary/aromatic N) is 1. The molecule has 3 heterocycles. The van der Waals surface area contributed by atoms with Crippen LogP contribution in [-0.4, -0.2) is 39.0 Å². The summed E-state index contributed by atoms with van der Waals surface area (Å²) in [5.74, 6) is 0.492. The number of nitrogens with one attached hydrogen (secondary N) is 1. The largest absolute Gasteiger partial charge is 0.302 e. The predicted octanol–water partition coefficient (Wildman–Crippen LogP) is 2.13. The van der Waals surface area contributed by atoms with Crippen molar-refractivity contribution in [2.24, 2.45) is 5.92 Å². The molecule has 1 N–H and O–H groups in total. The highest BCUT2D eigenvalue weighted by Gasteiger charge is 2.36. The number of piperidine rings is 3. The van der Waals surface area contributed by atoms with E-state index in [0.29, 0.717) is 10.8 Å². The lowest BCUT2D eigenvalue weighted by molar-refractivity contribution is 0.0827. The molecular formula is C14H19BrN2O2S. The van der Waals surface area contributed by atoms with Crippen LogP contribution >= 0.6 is 15.9 Å². The molecule has 1 aromatic rings. The lowest BCUT2D eigenvalue weighted by Gasteiger charge is -2.44. The van der Waals surface area contributed by atoms with Gasteiger partial charge in [0.25, 0.3) is 0 Å². The summed E-state index contributed by atoms with van der Waals surface area (Å²) < 4.78 is 28.8. The van der Waals surface area contributed by atoms with Crippen molar-refractivity contribution in [3.8, 4) is 0 Å². The smallest absolute Gasteiger partial charge is 0.240 e. The standard InChI is InChI=1S/C14H19BrN2O2S/c1-10-8-12(2-3-13(10)15)20(18,19)16-14-9-17-6-4-11(14)5-7-17/h2-3,8,11,14,16H,4-7,9H2,1H3. The molecule has 0 radical (unpaired) electrons. The zero-order chi connectivity index (χ0) is 14.3. The first kappa shape index (κ1) is 14.5. The second-order valence-corrected chi connectivity index (χ2v) is 8.35. The topological polar surface area (TPSA) is 49.4 Å². The minimum Gasteiger partial charge on any atom is -0.302 e. The lowest BCUT2D eigenvalue weighted by Crippen LogP contribution is -2.57. The fourth-order valence-corrected chi connectivity index (χ4v) is 4.78. The Morgan fingerprint density at radius 2 is 2.00 bits per heavy atom. The molecule has 3 saturated heterocycles. The minimum absolute atomic E-state index is 0.0615. The van der Waals surface area contributed by atoms with Crippen molar-refractivity contribution in [3.05, 3.63) is 28.2 Å². The number of hydrogen-bond acceptors (Lipinski definition) is 3. The van der Waals surface area contributed by atoms with Crippen LogP contribution in [0.3, 0.4) is 0 Å². The summed E-state index contributed by atoms with van der Waals surface area (Å²) in [6, 6.07) is 5.22. The van der Waals surface area contributed by atoms with Crippen LogP contribution in [0.2, 0.25) is 0 Å². The maximum Gasteiger partial charge on any atom is 0.240 e. The third-order valence-corrected chi connectivity index (χ3v) is 6.78. The number of rotatable bonds is 3. The first-order chi connectivity index (χ1) is 9.45. The highest BCUT2D eigenvalue weighted by Crippen LogP contribution is 2.29. The number of aryl methyl sites for hydroxylation is 1. The van der Waals surface area contributed by atoms with Crippen LogP contribution in [0, 0.1) is 12.8 Å². The molecule has 1 unspecified atom stereocenters. The molecule has 3 aliphatic heterocycles. The van der Waals surface area contributed by atoms with E-state index in [9.17, 15) is 8.42 Å². The van der Waals surface area contributed by atoms with Gasteiger partial charge in [0, 0.05) is 17.1 Å². The Labute approximate surface area is 128 Å². The molecule has 1 atom stereocenters. The summed E-state index contributed by atoms with van der Waals surface area (Å²) in [7, 11) is -3.42. The van der Waals surface area contributed by atoms with Crippen LogP contribution in [0.1, 0.15) is 18.4 Å². The summed E-state index contributed by atoms with van der Waals surface area (Å²) in [5, 5.41) is 0. The Hall–Kier alpha value is -0.430. The number of halogens is 1. The van der Waals surface area contributed by atoms with Gasteiger partial charge in [-0.05, 0) is 62.5 Å². The zero-order valence-corrected chi connectivity index (χ0v) is 13.9. The molecule has 0 spiro atoms. The molecule has 0 aliphatic carbocycles. The van der Waals surface area contributed by atoms with Crippen LogP contribution in [0.15, 0.2) is 27.6 Å². The van der Waals surface area contributed by atoms with Crippen LogP contribution < -0.4 is 4.72 Å². The highest BCUT2D eigenvalue weighted by molar-refractivity contribution is 9.10. The van der Waals surface area contributed by atoms with Gasteiger partial charge in [0.05, 0.1) is 4.90 Å². The number of sulfonamides is 1. The molecule has 0 saturated carbocycles. The summed E-state index contributed by atoms with van der Waals surface area (Å²) in [5.41, 5.74) is 0.932. The van der Waals surface area contributed by atoms with E-state index in [1.165, 1.54) is 0 Å². The summed E-state index contributed by atoms with van der Waals surface area (Å²) in [6.07, 6.45) is 2.21. The molecule has 4 rings (SSSR count). The quantitative estimate of drug-likeness (QED) is 0.900. The van der Waals surface area contributed by atoms with Gasteiger partial charge in [0.2, 0.25) is 10.0 Å². The SMILES string of the molecule is Cc1cc(S(=O)(=O)NC2CN3CCC2CC3)ccc1Br. The summed E-state index contributed by atoms with van der Waals surface area (Å²) in [4.78, 5) is 2.70. The van der Waals surface area contributed by atoms with Crippen molar-refractivity contribution in [1.29, 1.82) is 0 Å². The molecule has 110 valence electrons. The second kappa shape index (κ2) is 5.40. The molecule has 3 fully saturated rings. The highest BCUT2D eigenvalue weighted by atomic mass is 79.9.